The lowest BCUT2D eigenvalue weighted by Crippen LogP contribution is -2.46. The van der Waals surface area contributed by atoms with E-state index < -0.39 is 0 Å². The fourth-order valence-electron chi connectivity index (χ4n) is 3.19. The largest absolute Gasteiger partial charge is 0.326 e. The minimum Gasteiger partial charge on any atom is -0.326 e. The Morgan fingerprint density at radius 3 is 2.89 bits per heavy atom. The molecule has 0 saturated carbocycles. The molecule has 1 aromatic rings. The molecule has 2 rings (SSSR count). The van der Waals surface area contributed by atoms with E-state index in [4.69, 9.17) is 5.73 Å². The van der Waals surface area contributed by atoms with Crippen molar-refractivity contribution in [3.05, 3.63) is 22.4 Å². The van der Waals surface area contributed by atoms with Crippen LogP contribution < -0.4 is 5.73 Å². The Bertz CT molecular complexity index is 363. The van der Waals surface area contributed by atoms with Crippen LogP contribution in [0.3, 0.4) is 0 Å². The molecule has 2 heterocycles. The van der Waals surface area contributed by atoms with Gasteiger partial charge in [-0.15, -0.1) is 0 Å². The van der Waals surface area contributed by atoms with Gasteiger partial charge < -0.3 is 10.6 Å². The van der Waals surface area contributed by atoms with E-state index in [0.29, 0.717) is 12.1 Å². The SMILES string of the molecule is CCC(N)C(c1ccsc1)N1CCCC1CN(C)C. The normalized spacial score (nSPS) is 23.9. The first kappa shape index (κ1) is 15.0. The Labute approximate surface area is 121 Å². The Morgan fingerprint density at radius 2 is 2.32 bits per heavy atom. The summed E-state index contributed by atoms with van der Waals surface area (Å²) in [6.07, 6.45) is 3.64. The third-order valence-electron chi connectivity index (χ3n) is 4.12. The molecule has 0 aromatic carbocycles. The first-order valence-corrected chi connectivity index (χ1v) is 8.26. The van der Waals surface area contributed by atoms with E-state index in [2.05, 4.69) is 47.6 Å². The summed E-state index contributed by atoms with van der Waals surface area (Å²) in [5, 5.41) is 4.44. The van der Waals surface area contributed by atoms with Crippen LogP contribution in [0, 0.1) is 0 Å². The zero-order chi connectivity index (χ0) is 13.8. The highest BCUT2D eigenvalue weighted by Gasteiger charge is 2.34. The summed E-state index contributed by atoms with van der Waals surface area (Å²) in [5.74, 6) is 0. The van der Waals surface area contributed by atoms with Gasteiger partial charge in [-0.25, -0.2) is 0 Å². The van der Waals surface area contributed by atoms with Gasteiger partial charge in [-0.1, -0.05) is 6.92 Å². The van der Waals surface area contributed by atoms with Crippen molar-refractivity contribution in [1.82, 2.24) is 9.80 Å². The topological polar surface area (TPSA) is 32.5 Å². The van der Waals surface area contributed by atoms with Crippen LogP contribution in [0.1, 0.15) is 37.8 Å². The standard InChI is InChI=1S/C15H27N3S/c1-4-14(16)15(12-7-9-19-11-12)18-8-5-6-13(18)10-17(2)3/h7,9,11,13-15H,4-6,8,10,16H2,1-3H3. The van der Waals surface area contributed by atoms with Crippen LogP contribution in [0.15, 0.2) is 16.8 Å². The van der Waals surface area contributed by atoms with Crippen molar-refractivity contribution in [2.45, 2.75) is 44.3 Å². The monoisotopic (exact) mass is 281 g/mol. The van der Waals surface area contributed by atoms with E-state index in [1.165, 1.54) is 24.9 Å². The summed E-state index contributed by atoms with van der Waals surface area (Å²) >= 11 is 1.78. The lowest BCUT2D eigenvalue weighted by atomic mass is 9.98. The molecule has 0 aliphatic carbocycles. The van der Waals surface area contributed by atoms with Gasteiger partial charge in [-0.05, 0) is 62.3 Å². The molecule has 108 valence electrons. The van der Waals surface area contributed by atoms with Gasteiger partial charge in [0.2, 0.25) is 0 Å². The molecular weight excluding hydrogens is 254 g/mol. The van der Waals surface area contributed by atoms with E-state index in [1.54, 1.807) is 11.3 Å². The van der Waals surface area contributed by atoms with Crippen LogP contribution in [-0.4, -0.2) is 49.1 Å². The van der Waals surface area contributed by atoms with Crippen molar-refractivity contribution in [1.29, 1.82) is 0 Å². The van der Waals surface area contributed by atoms with Crippen LogP contribution in [0.5, 0.6) is 0 Å². The van der Waals surface area contributed by atoms with Gasteiger partial charge in [0.15, 0.2) is 0 Å². The molecule has 0 radical (unpaired) electrons. The maximum atomic E-state index is 6.43. The van der Waals surface area contributed by atoms with E-state index >= 15 is 0 Å². The molecule has 4 heteroatoms. The van der Waals surface area contributed by atoms with E-state index in [9.17, 15) is 0 Å². The minimum absolute atomic E-state index is 0.234. The Kier molecular flexibility index (Phi) is 5.39. The molecule has 0 spiro atoms. The average Bonchev–Trinajstić information content (AvgIpc) is 3.02. The lowest BCUT2D eigenvalue weighted by Gasteiger charge is -2.37. The number of likely N-dealkylation sites (N-methyl/N-ethyl adjacent to an activating group) is 1. The Morgan fingerprint density at radius 1 is 1.53 bits per heavy atom. The molecule has 2 N–H and O–H groups in total. The van der Waals surface area contributed by atoms with Crippen molar-refractivity contribution < 1.29 is 0 Å². The third kappa shape index (κ3) is 3.57. The summed E-state index contributed by atoms with van der Waals surface area (Å²) in [6.45, 7) is 4.52. The molecule has 1 aliphatic heterocycles. The highest BCUT2D eigenvalue weighted by molar-refractivity contribution is 7.07. The fraction of sp³-hybridized carbons (Fsp3) is 0.733. The predicted octanol–water partition coefficient (Wildman–Crippen LogP) is 2.55. The van der Waals surface area contributed by atoms with Crippen molar-refractivity contribution >= 4 is 11.3 Å². The van der Waals surface area contributed by atoms with Crippen LogP contribution in [-0.2, 0) is 0 Å². The first-order valence-electron chi connectivity index (χ1n) is 7.31. The number of hydrogen-bond donors (Lipinski definition) is 1. The van der Waals surface area contributed by atoms with Gasteiger partial charge in [-0.2, -0.15) is 11.3 Å². The smallest absolute Gasteiger partial charge is 0.0510 e. The average molecular weight is 281 g/mol. The lowest BCUT2D eigenvalue weighted by molar-refractivity contribution is 0.132. The molecule has 1 aliphatic rings. The molecule has 1 saturated heterocycles. The van der Waals surface area contributed by atoms with Gasteiger partial charge in [0.25, 0.3) is 0 Å². The number of likely N-dealkylation sites (tertiary alicyclic amines) is 1. The van der Waals surface area contributed by atoms with Crippen molar-refractivity contribution in [2.24, 2.45) is 5.73 Å². The van der Waals surface area contributed by atoms with Crippen LogP contribution in [0.25, 0.3) is 0 Å². The van der Waals surface area contributed by atoms with Crippen LogP contribution in [0.2, 0.25) is 0 Å². The second-order valence-corrected chi connectivity index (χ2v) is 6.65. The maximum Gasteiger partial charge on any atom is 0.0510 e. The van der Waals surface area contributed by atoms with Crippen molar-refractivity contribution in [3.8, 4) is 0 Å². The minimum atomic E-state index is 0.234. The number of hydrogen-bond acceptors (Lipinski definition) is 4. The number of rotatable bonds is 6. The predicted molar refractivity (Wildman–Crippen MR) is 83.6 cm³/mol. The highest BCUT2D eigenvalue weighted by Crippen LogP contribution is 2.33. The highest BCUT2D eigenvalue weighted by atomic mass is 32.1. The van der Waals surface area contributed by atoms with E-state index in [0.717, 1.165) is 13.0 Å². The van der Waals surface area contributed by atoms with Crippen molar-refractivity contribution in [3.63, 3.8) is 0 Å². The molecule has 0 bridgehead atoms. The van der Waals surface area contributed by atoms with Gasteiger partial charge in [0.05, 0.1) is 6.04 Å². The van der Waals surface area contributed by atoms with Crippen LogP contribution >= 0.6 is 11.3 Å². The summed E-state index contributed by atoms with van der Waals surface area (Å²) in [6, 6.07) is 3.52. The summed E-state index contributed by atoms with van der Waals surface area (Å²) in [4.78, 5) is 4.95. The zero-order valence-electron chi connectivity index (χ0n) is 12.4. The molecule has 3 unspecified atom stereocenters. The quantitative estimate of drug-likeness (QED) is 0.870. The third-order valence-corrected chi connectivity index (χ3v) is 4.82. The van der Waals surface area contributed by atoms with Gasteiger partial charge >= 0.3 is 0 Å². The second kappa shape index (κ2) is 6.84. The molecule has 19 heavy (non-hydrogen) atoms. The first-order chi connectivity index (χ1) is 9.13. The summed E-state index contributed by atoms with van der Waals surface area (Å²) in [7, 11) is 4.33. The molecule has 1 aromatic heterocycles. The maximum absolute atomic E-state index is 6.43. The Hall–Kier alpha value is -0.420. The van der Waals surface area contributed by atoms with E-state index in [1.807, 2.05) is 0 Å². The number of nitrogens with zero attached hydrogens (tertiary/aromatic N) is 2. The summed E-state index contributed by atoms with van der Waals surface area (Å²) < 4.78 is 0. The van der Waals surface area contributed by atoms with Crippen molar-refractivity contribution in [2.75, 3.05) is 27.2 Å². The molecule has 1 fully saturated rings. The Balaban J connectivity index is 2.17. The number of thiophene rings is 1. The van der Waals surface area contributed by atoms with Gasteiger partial charge in [-0.3, -0.25) is 4.90 Å². The van der Waals surface area contributed by atoms with E-state index in [-0.39, 0.29) is 6.04 Å². The fourth-order valence-corrected chi connectivity index (χ4v) is 3.88. The molecule has 3 nitrogen and oxygen atoms in total. The molecular formula is C15H27N3S. The zero-order valence-corrected chi connectivity index (χ0v) is 13.2. The number of nitrogens with two attached hydrogens (primary N) is 1. The van der Waals surface area contributed by atoms with Crippen LogP contribution in [0.4, 0.5) is 0 Å². The second-order valence-electron chi connectivity index (χ2n) is 5.87. The molecule has 0 amide bonds. The molecule has 3 atom stereocenters. The summed E-state index contributed by atoms with van der Waals surface area (Å²) in [5.41, 5.74) is 7.84. The van der Waals surface area contributed by atoms with Gasteiger partial charge in [0, 0.05) is 18.6 Å². The van der Waals surface area contributed by atoms with Gasteiger partial charge in [0.1, 0.15) is 0 Å².